The summed E-state index contributed by atoms with van der Waals surface area (Å²) in [5.41, 5.74) is 6.34. The molecule has 1 saturated carbocycles. The highest BCUT2D eigenvalue weighted by atomic mass is 16.6. The van der Waals surface area contributed by atoms with Crippen molar-refractivity contribution in [3.63, 3.8) is 0 Å². The molecule has 0 aliphatic heterocycles. The summed E-state index contributed by atoms with van der Waals surface area (Å²) in [4.78, 5) is 24.6. The molecule has 0 radical (unpaired) electrons. The number of likely N-dealkylation sites (N-methyl/N-ethyl adjacent to an activating group) is 1. The Morgan fingerprint density at radius 2 is 1.95 bits per heavy atom. The van der Waals surface area contributed by atoms with Gasteiger partial charge in [0.15, 0.2) is 0 Å². The molecule has 1 aromatic carbocycles. The van der Waals surface area contributed by atoms with Gasteiger partial charge in [0.05, 0.1) is 11.3 Å². The van der Waals surface area contributed by atoms with Crippen molar-refractivity contribution in [3.8, 4) is 0 Å². The van der Waals surface area contributed by atoms with Gasteiger partial charge in [0, 0.05) is 30.8 Å². The lowest BCUT2D eigenvalue weighted by molar-refractivity contribution is -0.385. The number of para-hydroxylation sites is 1. The Morgan fingerprint density at radius 3 is 2.57 bits per heavy atom. The van der Waals surface area contributed by atoms with Crippen molar-refractivity contribution < 1.29 is 9.72 Å². The highest BCUT2D eigenvalue weighted by Crippen LogP contribution is 2.23. The van der Waals surface area contributed by atoms with Gasteiger partial charge in [-0.15, -0.1) is 0 Å². The van der Waals surface area contributed by atoms with Gasteiger partial charge in [-0.3, -0.25) is 14.9 Å². The summed E-state index contributed by atoms with van der Waals surface area (Å²) < 4.78 is 0. The van der Waals surface area contributed by atoms with Crippen LogP contribution in [-0.4, -0.2) is 34.9 Å². The summed E-state index contributed by atoms with van der Waals surface area (Å²) in [7, 11) is 1.78. The minimum absolute atomic E-state index is 0.00455. The molecule has 114 valence electrons. The van der Waals surface area contributed by atoms with Crippen LogP contribution in [0.5, 0.6) is 0 Å². The number of nitrogens with zero attached hydrogens (tertiary/aromatic N) is 2. The van der Waals surface area contributed by atoms with Gasteiger partial charge in [-0.05, 0) is 25.7 Å². The number of rotatable bonds is 4. The van der Waals surface area contributed by atoms with E-state index >= 15 is 0 Å². The van der Waals surface area contributed by atoms with Crippen LogP contribution in [0.2, 0.25) is 0 Å². The maximum Gasteiger partial charge on any atom is 0.273 e. The molecule has 0 heterocycles. The fourth-order valence-corrected chi connectivity index (χ4v) is 2.82. The van der Waals surface area contributed by atoms with E-state index in [2.05, 4.69) is 0 Å². The van der Waals surface area contributed by atoms with E-state index in [0.717, 1.165) is 25.7 Å². The SMILES string of the molecule is CN(C(=O)Cc1ccccc1[N+](=O)[O-])C1CCC(N)CC1. The largest absolute Gasteiger partial charge is 0.342 e. The number of hydrogen-bond acceptors (Lipinski definition) is 4. The summed E-state index contributed by atoms with van der Waals surface area (Å²) >= 11 is 0. The van der Waals surface area contributed by atoms with Gasteiger partial charge in [0.1, 0.15) is 0 Å². The second-order valence-electron chi connectivity index (χ2n) is 5.64. The molecule has 0 unspecified atom stereocenters. The van der Waals surface area contributed by atoms with E-state index in [1.54, 1.807) is 30.1 Å². The number of benzene rings is 1. The van der Waals surface area contributed by atoms with Gasteiger partial charge < -0.3 is 10.6 Å². The van der Waals surface area contributed by atoms with Crippen LogP contribution in [0.3, 0.4) is 0 Å². The van der Waals surface area contributed by atoms with E-state index in [4.69, 9.17) is 5.73 Å². The monoisotopic (exact) mass is 291 g/mol. The molecule has 1 aliphatic rings. The van der Waals surface area contributed by atoms with Crippen LogP contribution < -0.4 is 5.73 Å². The molecule has 2 N–H and O–H groups in total. The second-order valence-corrected chi connectivity index (χ2v) is 5.64. The van der Waals surface area contributed by atoms with Crippen LogP contribution in [0.25, 0.3) is 0 Å². The molecule has 0 spiro atoms. The molecule has 0 saturated heterocycles. The maximum absolute atomic E-state index is 12.3. The maximum atomic E-state index is 12.3. The lowest BCUT2D eigenvalue weighted by atomic mass is 9.90. The first kappa shape index (κ1) is 15.4. The van der Waals surface area contributed by atoms with E-state index in [0.29, 0.717) is 5.56 Å². The molecule has 6 heteroatoms. The lowest BCUT2D eigenvalue weighted by Crippen LogP contribution is -2.42. The normalized spacial score (nSPS) is 21.8. The molecule has 0 aromatic heterocycles. The first-order valence-electron chi connectivity index (χ1n) is 7.22. The van der Waals surface area contributed by atoms with Crippen LogP contribution in [-0.2, 0) is 11.2 Å². The highest BCUT2D eigenvalue weighted by Gasteiger charge is 2.26. The number of nitro groups is 1. The smallest absolute Gasteiger partial charge is 0.273 e. The van der Waals surface area contributed by atoms with Crippen LogP contribution in [0, 0.1) is 10.1 Å². The zero-order valence-corrected chi connectivity index (χ0v) is 12.2. The van der Waals surface area contributed by atoms with E-state index in [-0.39, 0.29) is 30.1 Å². The quantitative estimate of drug-likeness (QED) is 0.677. The third-order valence-corrected chi connectivity index (χ3v) is 4.21. The number of nitro benzene ring substituents is 1. The predicted octanol–water partition coefficient (Wildman–Crippen LogP) is 1.87. The van der Waals surface area contributed by atoms with E-state index in [1.165, 1.54) is 6.07 Å². The van der Waals surface area contributed by atoms with E-state index in [1.807, 2.05) is 0 Å². The summed E-state index contributed by atoms with van der Waals surface area (Å²) in [6.45, 7) is 0. The lowest BCUT2D eigenvalue weighted by Gasteiger charge is -2.33. The highest BCUT2D eigenvalue weighted by molar-refractivity contribution is 5.80. The average molecular weight is 291 g/mol. The Bertz CT molecular complexity index is 525. The molecule has 0 atom stereocenters. The number of nitrogens with two attached hydrogens (primary N) is 1. The third kappa shape index (κ3) is 3.78. The molecule has 1 aromatic rings. The number of amides is 1. The Hall–Kier alpha value is -1.95. The summed E-state index contributed by atoms with van der Waals surface area (Å²) in [5.74, 6) is -0.0789. The van der Waals surface area contributed by atoms with Crippen LogP contribution in [0.15, 0.2) is 24.3 Å². The molecule has 0 bridgehead atoms. The predicted molar refractivity (Wildman–Crippen MR) is 79.8 cm³/mol. The Morgan fingerprint density at radius 1 is 1.33 bits per heavy atom. The Labute approximate surface area is 124 Å². The number of hydrogen-bond donors (Lipinski definition) is 1. The second kappa shape index (κ2) is 6.67. The Kier molecular flexibility index (Phi) is 4.90. The molecule has 21 heavy (non-hydrogen) atoms. The van der Waals surface area contributed by atoms with Crippen molar-refractivity contribution in [1.82, 2.24) is 4.90 Å². The van der Waals surface area contributed by atoms with Crippen LogP contribution in [0.4, 0.5) is 5.69 Å². The minimum atomic E-state index is -0.442. The average Bonchev–Trinajstić information content (AvgIpc) is 2.47. The van der Waals surface area contributed by atoms with Crippen molar-refractivity contribution in [2.45, 2.75) is 44.2 Å². The Balaban J connectivity index is 2.03. The van der Waals surface area contributed by atoms with Crippen molar-refractivity contribution in [2.75, 3.05) is 7.05 Å². The third-order valence-electron chi connectivity index (χ3n) is 4.21. The minimum Gasteiger partial charge on any atom is -0.342 e. The van der Waals surface area contributed by atoms with Crippen LogP contribution >= 0.6 is 0 Å². The van der Waals surface area contributed by atoms with Gasteiger partial charge in [0.25, 0.3) is 5.69 Å². The summed E-state index contributed by atoms with van der Waals surface area (Å²) in [6.07, 6.45) is 3.72. The summed E-state index contributed by atoms with van der Waals surface area (Å²) in [5, 5.41) is 11.0. The van der Waals surface area contributed by atoms with Gasteiger partial charge in [0.2, 0.25) is 5.91 Å². The molecule has 1 fully saturated rings. The zero-order chi connectivity index (χ0) is 15.4. The van der Waals surface area contributed by atoms with E-state index in [9.17, 15) is 14.9 Å². The molecule has 1 aliphatic carbocycles. The first-order chi connectivity index (χ1) is 9.99. The van der Waals surface area contributed by atoms with Gasteiger partial charge in [-0.25, -0.2) is 0 Å². The van der Waals surface area contributed by atoms with Crippen LogP contribution in [0.1, 0.15) is 31.2 Å². The van der Waals surface area contributed by atoms with E-state index < -0.39 is 4.92 Å². The van der Waals surface area contributed by atoms with Gasteiger partial charge >= 0.3 is 0 Å². The summed E-state index contributed by atoms with van der Waals surface area (Å²) in [6, 6.07) is 6.83. The van der Waals surface area contributed by atoms with Gasteiger partial charge in [-0.1, -0.05) is 18.2 Å². The van der Waals surface area contributed by atoms with Crippen molar-refractivity contribution >= 4 is 11.6 Å². The first-order valence-corrected chi connectivity index (χ1v) is 7.22. The van der Waals surface area contributed by atoms with Crippen molar-refractivity contribution in [3.05, 3.63) is 39.9 Å². The molecular weight excluding hydrogens is 270 g/mol. The molecule has 2 rings (SSSR count). The van der Waals surface area contributed by atoms with Crippen molar-refractivity contribution in [1.29, 1.82) is 0 Å². The molecule has 1 amide bonds. The zero-order valence-electron chi connectivity index (χ0n) is 12.2. The number of carbonyl (C=O) groups excluding carboxylic acids is 1. The number of carbonyl (C=O) groups is 1. The standard InChI is InChI=1S/C15H21N3O3/c1-17(13-8-6-12(16)7-9-13)15(19)10-11-4-2-3-5-14(11)18(20)21/h2-5,12-13H,6-10,16H2,1H3. The molecular formula is C15H21N3O3. The topological polar surface area (TPSA) is 89.5 Å². The fraction of sp³-hybridized carbons (Fsp3) is 0.533. The fourth-order valence-electron chi connectivity index (χ4n) is 2.82. The van der Waals surface area contributed by atoms with Gasteiger partial charge in [-0.2, -0.15) is 0 Å². The molecule has 6 nitrogen and oxygen atoms in total. The van der Waals surface area contributed by atoms with Crippen molar-refractivity contribution in [2.24, 2.45) is 5.73 Å².